The summed E-state index contributed by atoms with van der Waals surface area (Å²) in [5.41, 5.74) is 1.77. The second kappa shape index (κ2) is 9.41. The van der Waals surface area contributed by atoms with Gasteiger partial charge in [-0.25, -0.2) is 9.78 Å². The number of carbonyl (C=O) groups excluding carboxylic acids is 1. The number of rotatable bonds is 7. The first-order valence-electron chi connectivity index (χ1n) is 9.63. The highest BCUT2D eigenvalue weighted by atomic mass is 16.5. The Morgan fingerprint density at radius 2 is 2.04 bits per heavy atom. The third kappa shape index (κ3) is 5.13. The van der Waals surface area contributed by atoms with Crippen molar-refractivity contribution in [3.63, 3.8) is 0 Å². The predicted octanol–water partition coefficient (Wildman–Crippen LogP) is 3.11. The molecule has 0 bridgehead atoms. The van der Waals surface area contributed by atoms with Gasteiger partial charge in [-0.1, -0.05) is 12.1 Å². The molecule has 0 spiro atoms. The molecular weight excluding hydrogens is 354 g/mol. The van der Waals surface area contributed by atoms with Gasteiger partial charge in [0.15, 0.2) is 0 Å². The normalized spacial score (nSPS) is 14.8. The zero-order valence-corrected chi connectivity index (χ0v) is 16.8. The Kier molecular flexibility index (Phi) is 6.71. The summed E-state index contributed by atoms with van der Waals surface area (Å²) >= 11 is 0. The van der Waals surface area contributed by atoms with E-state index in [9.17, 15) is 4.79 Å². The fraction of sp³-hybridized carbons (Fsp3) is 0.429. The lowest BCUT2D eigenvalue weighted by Crippen LogP contribution is -2.36. The Bertz CT molecular complexity index is 773. The van der Waals surface area contributed by atoms with E-state index < -0.39 is 0 Å². The second-order valence-corrected chi connectivity index (χ2v) is 7.19. The molecule has 0 saturated carbocycles. The maximum Gasteiger partial charge on any atom is 0.319 e. The van der Waals surface area contributed by atoms with Crippen LogP contribution in [0.25, 0.3) is 0 Å². The maximum absolute atomic E-state index is 12.3. The van der Waals surface area contributed by atoms with Gasteiger partial charge in [-0.05, 0) is 56.8 Å². The molecule has 7 heteroatoms. The van der Waals surface area contributed by atoms with E-state index in [1.165, 1.54) is 12.8 Å². The smallest absolute Gasteiger partial charge is 0.319 e. The number of ether oxygens (including phenoxy) is 1. The molecule has 1 aliphatic rings. The van der Waals surface area contributed by atoms with Crippen LogP contribution in [-0.2, 0) is 0 Å². The summed E-state index contributed by atoms with van der Waals surface area (Å²) < 4.78 is 5.31. The fourth-order valence-electron chi connectivity index (χ4n) is 3.41. The highest BCUT2D eigenvalue weighted by molar-refractivity contribution is 5.89. The van der Waals surface area contributed by atoms with Crippen LogP contribution in [0, 0.1) is 0 Å². The van der Waals surface area contributed by atoms with Gasteiger partial charge in [0.2, 0.25) is 0 Å². The van der Waals surface area contributed by atoms with Gasteiger partial charge in [0.05, 0.1) is 25.0 Å². The number of nitrogens with zero attached hydrogens (tertiary/aromatic N) is 3. The number of benzene rings is 1. The summed E-state index contributed by atoms with van der Waals surface area (Å²) in [6.07, 6.45) is 4.13. The Morgan fingerprint density at radius 1 is 1.25 bits per heavy atom. The van der Waals surface area contributed by atoms with Gasteiger partial charge in [-0.2, -0.15) is 0 Å². The van der Waals surface area contributed by atoms with Gasteiger partial charge >= 0.3 is 6.03 Å². The minimum absolute atomic E-state index is 0.0384. The Hall–Kier alpha value is -2.80. The largest absolute Gasteiger partial charge is 0.497 e. The summed E-state index contributed by atoms with van der Waals surface area (Å²) in [6, 6.07) is 11.5. The van der Waals surface area contributed by atoms with Crippen LogP contribution in [-0.4, -0.2) is 56.8 Å². The number of methoxy groups -OCH3 is 1. The molecule has 0 unspecified atom stereocenters. The van der Waals surface area contributed by atoms with E-state index in [1.54, 1.807) is 13.3 Å². The Labute approximate surface area is 166 Å². The number of carbonyl (C=O) groups is 1. The average Bonchev–Trinajstić information content (AvgIpc) is 3.23. The fourth-order valence-corrected chi connectivity index (χ4v) is 3.41. The average molecular weight is 383 g/mol. The zero-order valence-electron chi connectivity index (χ0n) is 16.8. The molecule has 2 amide bonds. The lowest BCUT2D eigenvalue weighted by Gasteiger charge is -2.25. The molecule has 2 aromatic rings. The molecule has 2 N–H and O–H groups in total. The minimum Gasteiger partial charge on any atom is -0.497 e. The summed E-state index contributed by atoms with van der Waals surface area (Å²) in [5, 5.41) is 5.80. The number of hydrogen-bond acceptors (Lipinski definition) is 5. The molecule has 7 nitrogen and oxygen atoms in total. The Morgan fingerprint density at radius 3 is 2.68 bits per heavy atom. The van der Waals surface area contributed by atoms with Crippen LogP contribution in [0.4, 0.5) is 16.3 Å². The summed E-state index contributed by atoms with van der Waals surface area (Å²) in [7, 11) is 5.63. The lowest BCUT2D eigenvalue weighted by molar-refractivity contribution is 0.243. The number of hydrogen-bond donors (Lipinski definition) is 2. The lowest BCUT2D eigenvalue weighted by atomic mass is 10.1. The first-order chi connectivity index (χ1) is 13.6. The van der Waals surface area contributed by atoms with Crippen LogP contribution >= 0.6 is 0 Å². The van der Waals surface area contributed by atoms with Crippen molar-refractivity contribution >= 4 is 17.5 Å². The number of anilines is 2. The van der Waals surface area contributed by atoms with Crippen molar-refractivity contribution < 1.29 is 9.53 Å². The number of pyridine rings is 1. The molecule has 2 heterocycles. The number of urea groups is 1. The van der Waals surface area contributed by atoms with Crippen molar-refractivity contribution in [2.24, 2.45) is 0 Å². The van der Waals surface area contributed by atoms with Crippen LogP contribution in [0.1, 0.15) is 24.4 Å². The molecule has 3 rings (SSSR count). The Balaban J connectivity index is 1.55. The van der Waals surface area contributed by atoms with E-state index in [4.69, 9.17) is 4.74 Å². The molecule has 1 aliphatic heterocycles. The maximum atomic E-state index is 12.3. The highest BCUT2D eigenvalue weighted by Gasteiger charge is 2.17. The van der Waals surface area contributed by atoms with Crippen LogP contribution < -0.4 is 20.3 Å². The number of nitrogens with one attached hydrogen (secondary N) is 2. The van der Waals surface area contributed by atoms with Crippen LogP contribution in [0.5, 0.6) is 5.75 Å². The molecule has 28 heavy (non-hydrogen) atoms. The van der Waals surface area contributed by atoms with E-state index in [2.05, 4.69) is 25.4 Å². The van der Waals surface area contributed by atoms with Crippen LogP contribution in [0.15, 0.2) is 42.6 Å². The monoisotopic (exact) mass is 383 g/mol. The third-order valence-corrected chi connectivity index (χ3v) is 4.99. The standard InChI is InChI=1S/C21H29N5O2/c1-25(2)19(16-7-6-8-18(13-16)28-3)15-23-21(27)24-17-9-10-20(22-14-17)26-11-4-5-12-26/h6-10,13-14,19H,4-5,11-12,15H2,1-3H3,(H2,23,24,27)/t19-/m0/s1. The van der Waals surface area contributed by atoms with Crippen molar-refractivity contribution in [2.45, 2.75) is 18.9 Å². The van der Waals surface area contributed by atoms with Gasteiger partial charge in [0, 0.05) is 19.6 Å². The number of amides is 2. The molecule has 0 radical (unpaired) electrons. The van der Waals surface area contributed by atoms with Gasteiger partial charge in [-0.15, -0.1) is 0 Å². The SMILES string of the molecule is COc1cccc([C@H](CNC(=O)Nc2ccc(N3CCCC3)nc2)N(C)C)c1. The number of aromatic nitrogens is 1. The first-order valence-corrected chi connectivity index (χ1v) is 9.63. The highest BCUT2D eigenvalue weighted by Crippen LogP contribution is 2.22. The minimum atomic E-state index is -0.245. The van der Waals surface area contributed by atoms with Crippen molar-refractivity contribution in [2.75, 3.05) is 51.1 Å². The van der Waals surface area contributed by atoms with E-state index in [0.717, 1.165) is 30.2 Å². The van der Waals surface area contributed by atoms with E-state index in [0.29, 0.717) is 12.2 Å². The second-order valence-electron chi connectivity index (χ2n) is 7.19. The van der Waals surface area contributed by atoms with Crippen LogP contribution in [0.2, 0.25) is 0 Å². The molecule has 1 atom stereocenters. The van der Waals surface area contributed by atoms with Gasteiger partial charge in [0.1, 0.15) is 11.6 Å². The van der Waals surface area contributed by atoms with E-state index >= 15 is 0 Å². The number of likely N-dealkylation sites (N-methyl/N-ethyl adjacent to an activating group) is 1. The van der Waals surface area contributed by atoms with Crippen molar-refractivity contribution in [1.29, 1.82) is 0 Å². The zero-order chi connectivity index (χ0) is 19.9. The molecular formula is C21H29N5O2. The molecule has 1 aromatic carbocycles. The van der Waals surface area contributed by atoms with Gasteiger partial charge < -0.3 is 25.2 Å². The quantitative estimate of drug-likeness (QED) is 0.769. The van der Waals surface area contributed by atoms with Crippen molar-refractivity contribution in [1.82, 2.24) is 15.2 Å². The molecule has 0 aliphatic carbocycles. The van der Waals surface area contributed by atoms with Crippen molar-refractivity contribution in [3.05, 3.63) is 48.2 Å². The van der Waals surface area contributed by atoms with Crippen LogP contribution in [0.3, 0.4) is 0 Å². The molecule has 1 saturated heterocycles. The summed E-state index contributed by atoms with van der Waals surface area (Å²) in [4.78, 5) is 21.1. The van der Waals surface area contributed by atoms with Crippen molar-refractivity contribution in [3.8, 4) is 5.75 Å². The molecule has 150 valence electrons. The predicted molar refractivity (Wildman–Crippen MR) is 112 cm³/mol. The first kappa shape index (κ1) is 19.9. The molecule has 1 fully saturated rings. The summed E-state index contributed by atoms with van der Waals surface area (Å²) in [6.45, 7) is 2.58. The third-order valence-electron chi connectivity index (χ3n) is 4.99. The summed E-state index contributed by atoms with van der Waals surface area (Å²) in [5.74, 6) is 1.77. The van der Waals surface area contributed by atoms with Gasteiger partial charge in [-0.3, -0.25) is 0 Å². The van der Waals surface area contributed by atoms with E-state index in [1.807, 2.05) is 50.5 Å². The van der Waals surface area contributed by atoms with E-state index in [-0.39, 0.29) is 12.1 Å². The topological polar surface area (TPSA) is 69.7 Å². The van der Waals surface area contributed by atoms with Gasteiger partial charge in [0.25, 0.3) is 0 Å². The molecule has 1 aromatic heterocycles.